The Bertz CT molecular complexity index is 3610. The summed E-state index contributed by atoms with van der Waals surface area (Å²) in [5, 5.41) is 10.8. The lowest BCUT2D eigenvalue weighted by Crippen LogP contribution is -2.74. The van der Waals surface area contributed by atoms with Gasteiger partial charge in [0.15, 0.2) is 8.07 Å². The third-order valence-corrected chi connectivity index (χ3v) is 19.4. The normalized spacial score (nSPS) is 12.8. The Morgan fingerprint density at radius 1 is 0.262 bits per heavy atom. The van der Waals surface area contributed by atoms with Gasteiger partial charge in [-0.05, 0) is 139 Å². The summed E-state index contributed by atoms with van der Waals surface area (Å²) < 4.78 is 4.89. The molecule has 2 nitrogen and oxygen atoms in total. The van der Waals surface area contributed by atoms with Crippen LogP contribution in [0.25, 0.3) is 77.2 Å². The van der Waals surface area contributed by atoms with E-state index in [0.717, 1.165) is 12.8 Å². The Kier molecular flexibility index (Phi) is 7.87. The molecule has 65 heavy (non-hydrogen) atoms. The fourth-order valence-corrected chi connectivity index (χ4v) is 16.6. The van der Waals surface area contributed by atoms with E-state index < -0.39 is 8.07 Å². The highest BCUT2D eigenvalue weighted by Gasteiger charge is 2.43. The number of benzene rings is 10. The molecule has 2 aliphatic carbocycles. The lowest BCUT2D eigenvalue weighted by atomic mass is 10.0. The van der Waals surface area contributed by atoms with Gasteiger partial charge in [-0.1, -0.05) is 170 Å². The van der Waals surface area contributed by atoms with Gasteiger partial charge < -0.3 is 9.13 Å². The molecule has 0 aliphatic heterocycles. The minimum Gasteiger partial charge on any atom is -0.309 e. The van der Waals surface area contributed by atoms with Crippen molar-refractivity contribution in [2.75, 3.05) is 0 Å². The quantitative estimate of drug-likeness (QED) is 0.117. The highest BCUT2D eigenvalue weighted by Crippen LogP contribution is 2.44. The Hall–Kier alpha value is -7.98. The summed E-state index contributed by atoms with van der Waals surface area (Å²) in [4.78, 5) is 0. The van der Waals surface area contributed by atoms with Crippen LogP contribution in [0.2, 0.25) is 0 Å². The van der Waals surface area contributed by atoms with Crippen LogP contribution in [0.1, 0.15) is 22.3 Å². The number of hydrogen-bond donors (Lipinski definition) is 0. The molecule has 14 rings (SSSR count). The van der Waals surface area contributed by atoms with Gasteiger partial charge in [-0.15, -0.1) is 0 Å². The zero-order valence-corrected chi connectivity index (χ0v) is 36.7. The number of rotatable bonds is 6. The van der Waals surface area contributed by atoms with Crippen LogP contribution in [-0.4, -0.2) is 17.2 Å². The van der Waals surface area contributed by atoms with Crippen LogP contribution >= 0.6 is 0 Å². The monoisotopic (exact) mass is 842 g/mol. The van der Waals surface area contributed by atoms with Crippen LogP contribution in [0.15, 0.2) is 231 Å². The van der Waals surface area contributed by atoms with Crippen molar-refractivity contribution in [1.82, 2.24) is 9.13 Å². The first-order valence-electron chi connectivity index (χ1n) is 22.8. The molecule has 0 saturated heterocycles. The summed E-state index contributed by atoms with van der Waals surface area (Å²) in [6.45, 7) is 0. The van der Waals surface area contributed by atoms with Gasteiger partial charge in [0.2, 0.25) is 0 Å². The van der Waals surface area contributed by atoms with Crippen LogP contribution < -0.4 is 20.7 Å². The molecule has 0 saturated carbocycles. The van der Waals surface area contributed by atoms with Gasteiger partial charge in [-0.2, -0.15) is 0 Å². The summed E-state index contributed by atoms with van der Waals surface area (Å²) in [6.07, 6.45) is 1.85. The van der Waals surface area contributed by atoms with Crippen LogP contribution in [-0.2, 0) is 12.8 Å². The maximum absolute atomic E-state index is 2.91. The first kappa shape index (κ1) is 36.5. The van der Waals surface area contributed by atoms with Crippen molar-refractivity contribution in [3.8, 4) is 33.6 Å². The molecule has 304 valence electrons. The van der Waals surface area contributed by atoms with Crippen LogP contribution in [0, 0.1) is 0 Å². The van der Waals surface area contributed by atoms with E-state index in [1.807, 2.05) is 0 Å². The van der Waals surface area contributed by atoms with E-state index in [4.69, 9.17) is 0 Å². The molecule has 0 bridgehead atoms. The van der Waals surface area contributed by atoms with Crippen molar-refractivity contribution in [1.29, 1.82) is 0 Å². The maximum Gasteiger partial charge on any atom is 0.179 e. The average molecular weight is 843 g/mol. The van der Waals surface area contributed by atoms with E-state index in [2.05, 4.69) is 240 Å². The highest BCUT2D eigenvalue weighted by molar-refractivity contribution is 7.20. The third-order valence-electron chi connectivity index (χ3n) is 14.7. The Labute approximate surface area is 378 Å². The van der Waals surface area contributed by atoms with E-state index in [1.165, 1.54) is 120 Å². The number of fused-ring (bicyclic) bond motifs is 12. The van der Waals surface area contributed by atoms with Crippen molar-refractivity contribution < 1.29 is 0 Å². The van der Waals surface area contributed by atoms with Gasteiger partial charge in [0.25, 0.3) is 0 Å². The minimum absolute atomic E-state index is 0.924. The summed E-state index contributed by atoms with van der Waals surface area (Å²) in [5.41, 5.74) is 18.4. The van der Waals surface area contributed by atoms with Crippen molar-refractivity contribution in [3.63, 3.8) is 0 Å². The summed E-state index contributed by atoms with van der Waals surface area (Å²) in [6, 6.07) is 87.3. The molecule has 2 aliphatic rings. The van der Waals surface area contributed by atoms with E-state index in [1.54, 1.807) is 0 Å². The summed E-state index contributed by atoms with van der Waals surface area (Å²) >= 11 is 0. The molecule has 0 amide bonds. The van der Waals surface area contributed by atoms with Crippen molar-refractivity contribution in [2.45, 2.75) is 12.8 Å². The predicted octanol–water partition coefficient (Wildman–Crippen LogP) is 12.4. The van der Waals surface area contributed by atoms with Crippen LogP contribution in [0.3, 0.4) is 0 Å². The standard InChI is InChI=1S/C62H42N2Si/c1-5-17-45(18-6-1)63-59-27-15-13-25-51(59)57-39-55-43(35-61(57)63)33-41-29-31-49(37-53(41)55)65(47-21-9-3-10-22-47,48-23-11-4-12-24-48)50-32-30-42-34-44-36-62-58(40-56(44)54(42)38-50)52-26-14-16-28-60(52)64(62)46-19-7-2-8-20-46/h1-32,35-40H,33-34H2. The second kappa shape index (κ2) is 14.0. The molecule has 12 aromatic rings. The average Bonchev–Trinajstić information content (AvgIpc) is 4.11. The highest BCUT2D eigenvalue weighted by atomic mass is 28.3. The third kappa shape index (κ3) is 5.28. The summed E-state index contributed by atoms with van der Waals surface area (Å²) in [5.74, 6) is 0. The molecule has 10 aromatic carbocycles. The van der Waals surface area contributed by atoms with Crippen LogP contribution in [0.4, 0.5) is 0 Å². The summed E-state index contributed by atoms with van der Waals surface area (Å²) in [7, 11) is -2.91. The molecule has 0 atom stereocenters. The van der Waals surface area contributed by atoms with Gasteiger partial charge >= 0.3 is 0 Å². The smallest absolute Gasteiger partial charge is 0.179 e. The predicted molar refractivity (Wildman–Crippen MR) is 275 cm³/mol. The molecule has 0 spiro atoms. The first-order chi connectivity index (χ1) is 32.2. The van der Waals surface area contributed by atoms with Gasteiger partial charge in [-0.3, -0.25) is 0 Å². The molecule has 3 heteroatoms. The second-order valence-electron chi connectivity index (χ2n) is 18.0. The Morgan fingerprint density at radius 2 is 0.631 bits per heavy atom. The number of aromatic nitrogens is 2. The van der Waals surface area contributed by atoms with E-state index in [0.29, 0.717) is 0 Å². The topological polar surface area (TPSA) is 9.86 Å². The molecule has 2 heterocycles. The molecule has 0 unspecified atom stereocenters. The van der Waals surface area contributed by atoms with Gasteiger partial charge in [-0.25, -0.2) is 0 Å². The zero-order chi connectivity index (χ0) is 42.6. The minimum atomic E-state index is -2.91. The van der Waals surface area contributed by atoms with Gasteiger partial charge in [0, 0.05) is 32.9 Å². The fourth-order valence-electron chi connectivity index (χ4n) is 11.8. The Balaban J connectivity index is 0.988. The van der Waals surface area contributed by atoms with Gasteiger partial charge in [0.1, 0.15) is 0 Å². The SMILES string of the molecule is c1ccc(-n2c3ccccc3c3cc4c(cc32)Cc2ccc([Si](c3ccccc3)(c3ccccc3)c3ccc5c(c3)-c3cc6c7ccccc7n(-c7ccccc7)c6cc3C5)cc2-4)cc1. The molecule has 0 radical (unpaired) electrons. The maximum atomic E-state index is 2.60. The van der Waals surface area contributed by atoms with E-state index in [9.17, 15) is 0 Å². The van der Waals surface area contributed by atoms with Crippen molar-refractivity contribution in [3.05, 3.63) is 253 Å². The number of para-hydroxylation sites is 4. The van der Waals surface area contributed by atoms with Crippen molar-refractivity contribution >= 4 is 72.4 Å². The lowest BCUT2D eigenvalue weighted by molar-refractivity contribution is 1.17. The molecule has 0 N–H and O–H groups in total. The van der Waals surface area contributed by atoms with E-state index >= 15 is 0 Å². The fraction of sp³-hybridized carbons (Fsp3) is 0.0323. The number of hydrogen-bond acceptors (Lipinski definition) is 0. The van der Waals surface area contributed by atoms with Crippen molar-refractivity contribution in [2.24, 2.45) is 0 Å². The van der Waals surface area contributed by atoms with Crippen LogP contribution in [0.5, 0.6) is 0 Å². The number of nitrogens with zero attached hydrogens (tertiary/aromatic N) is 2. The zero-order valence-electron chi connectivity index (χ0n) is 35.7. The Morgan fingerprint density at radius 3 is 1.06 bits per heavy atom. The molecule has 0 fully saturated rings. The molecule has 2 aromatic heterocycles. The molecular weight excluding hydrogens is 801 g/mol. The first-order valence-corrected chi connectivity index (χ1v) is 24.8. The largest absolute Gasteiger partial charge is 0.309 e. The van der Waals surface area contributed by atoms with E-state index in [-0.39, 0.29) is 0 Å². The second-order valence-corrected chi connectivity index (χ2v) is 21.8. The lowest BCUT2D eigenvalue weighted by Gasteiger charge is -2.35. The van der Waals surface area contributed by atoms with Gasteiger partial charge in [0.05, 0.1) is 22.1 Å². The molecular formula is C62H42N2Si.